The van der Waals surface area contributed by atoms with E-state index in [0.717, 1.165) is 33.6 Å². The highest BCUT2D eigenvalue weighted by atomic mass is 32.2. The highest BCUT2D eigenvalue weighted by Gasteiger charge is 2.23. The number of hydrogen-bond donors (Lipinski definition) is 0. The molecule has 0 saturated heterocycles. The van der Waals surface area contributed by atoms with Crippen LogP contribution in [-0.2, 0) is 20.8 Å². The summed E-state index contributed by atoms with van der Waals surface area (Å²) in [6, 6.07) is 12.8. The molecule has 0 fully saturated rings. The lowest BCUT2D eigenvalue weighted by Gasteiger charge is -2.21. The Morgan fingerprint density at radius 2 is 1.81 bits per heavy atom. The van der Waals surface area contributed by atoms with Crippen LogP contribution >= 0.6 is 23.5 Å². The van der Waals surface area contributed by atoms with Crippen molar-refractivity contribution in [3.05, 3.63) is 75.1 Å². The van der Waals surface area contributed by atoms with Gasteiger partial charge in [0.25, 0.3) is 0 Å². The lowest BCUT2D eigenvalue weighted by atomic mass is 10.0. The van der Waals surface area contributed by atoms with Gasteiger partial charge in [0.1, 0.15) is 18.4 Å². The third kappa shape index (κ3) is 6.44. The van der Waals surface area contributed by atoms with Gasteiger partial charge in [-0.25, -0.2) is 9.59 Å². The van der Waals surface area contributed by atoms with Crippen LogP contribution in [0.2, 0.25) is 0 Å². The van der Waals surface area contributed by atoms with E-state index in [9.17, 15) is 9.59 Å². The fourth-order valence-electron chi connectivity index (χ4n) is 3.88. The van der Waals surface area contributed by atoms with E-state index < -0.39 is 5.97 Å². The minimum atomic E-state index is -0.580. The number of fused-ring (bicyclic) bond motifs is 1. The molecule has 1 heterocycles. The van der Waals surface area contributed by atoms with Gasteiger partial charge in [-0.2, -0.15) is 0 Å². The van der Waals surface area contributed by atoms with Crippen LogP contribution in [0.1, 0.15) is 40.7 Å². The van der Waals surface area contributed by atoms with Crippen molar-refractivity contribution in [3.8, 4) is 5.75 Å². The van der Waals surface area contributed by atoms with E-state index >= 15 is 0 Å². The van der Waals surface area contributed by atoms with E-state index in [2.05, 4.69) is 19.0 Å². The molecule has 0 spiro atoms. The van der Waals surface area contributed by atoms with Crippen molar-refractivity contribution in [2.75, 3.05) is 32.3 Å². The predicted octanol–water partition coefficient (Wildman–Crippen LogP) is 5.75. The highest BCUT2D eigenvalue weighted by molar-refractivity contribution is 8.16. The van der Waals surface area contributed by atoms with Crippen LogP contribution in [0.25, 0.3) is 11.0 Å². The van der Waals surface area contributed by atoms with E-state index in [1.807, 2.05) is 37.3 Å². The van der Waals surface area contributed by atoms with E-state index in [1.54, 1.807) is 29.6 Å². The molecule has 0 atom stereocenters. The topological polar surface area (TPSA) is 87.3 Å². The molecule has 0 aliphatic carbocycles. The summed E-state index contributed by atoms with van der Waals surface area (Å²) < 4.78 is 17.0. The van der Waals surface area contributed by atoms with Crippen LogP contribution in [0.15, 0.2) is 56.8 Å². The van der Waals surface area contributed by atoms with Gasteiger partial charge in [-0.3, -0.25) is 0 Å². The maximum atomic E-state index is 12.3. The fraction of sp³-hybridized carbons (Fsp3) is 0.370. The number of nitrogens with zero attached hydrogens (tertiary/aromatic N) is 1. The minimum Gasteiger partial charge on any atom is -0.493 e. The van der Waals surface area contributed by atoms with Gasteiger partial charge in [-0.15, -0.1) is 23.5 Å². The molecular formula is C27H31NO6S2. The van der Waals surface area contributed by atoms with Crippen molar-refractivity contribution in [3.63, 3.8) is 0 Å². The predicted molar refractivity (Wildman–Crippen MR) is 147 cm³/mol. The van der Waals surface area contributed by atoms with E-state index in [4.69, 9.17) is 18.7 Å². The van der Waals surface area contributed by atoms with Crippen LogP contribution < -0.4 is 10.4 Å². The Morgan fingerprint density at radius 1 is 1.08 bits per heavy atom. The Bertz CT molecular complexity index is 1280. The number of benzene rings is 2. The van der Waals surface area contributed by atoms with Crippen molar-refractivity contribution < 1.29 is 23.5 Å². The molecule has 0 bridgehead atoms. The maximum Gasteiger partial charge on any atom is 0.360 e. The smallest absolute Gasteiger partial charge is 0.360 e. The first kappa shape index (κ1) is 27.7. The lowest BCUT2D eigenvalue weighted by molar-refractivity contribution is -0.132. The van der Waals surface area contributed by atoms with Crippen LogP contribution in [-0.4, -0.2) is 44.0 Å². The molecule has 0 aliphatic rings. The molecule has 36 heavy (non-hydrogen) atoms. The van der Waals surface area contributed by atoms with E-state index in [1.165, 1.54) is 20.3 Å². The summed E-state index contributed by atoms with van der Waals surface area (Å²) in [5.41, 5.74) is 3.54. The molecule has 7 nitrogen and oxygen atoms in total. The minimum absolute atomic E-state index is 0.0516. The summed E-state index contributed by atoms with van der Waals surface area (Å²) in [4.78, 5) is 29.4. The first-order valence-corrected chi connectivity index (χ1v) is 13.8. The molecule has 0 saturated carbocycles. The van der Waals surface area contributed by atoms with Crippen LogP contribution in [0.3, 0.4) is 0 Å². The van der Waals surface area contributed by atoms with Gasteiger partial charge in [0, 0.05) is 23.4 Å². The first-order valence-electron chi connectivity index (χ1n) is 11.7. The number of aryl methyl sites for hydroxylation is 1. The van der Waals surface area contributed by atoms with Crippen molar-refractivity contribution >= 4 is 46.2 Å². The number of carbonyl (C=O) groups excluding carboxylic acids is 1. The number of oxime groups is 1. The molecule has 0 radical (unpaired) electrons. The zero-order valence-electron chi connectivity index (χ0n) is 21.2. The summed E-state index contributed by atoms with van der Waals surface area (Å²) in [7, 11) is 2.69. The number of ether oxygens (including phenoxy) is 2. The molecule has 1 aromatic heterocycles. The van der Waals surface area contributed by atoms with Crippen LogP contribution in [0, 0.1) is 6.92 Å². The van der Waals surface area contributed by atoms with Crippen LogP contribution in [0.4, 0.5) is 0 Å². The normalized spacial score (nSPS) is 11.7. The lowest BCUT2D eigenvalue weighted by Crippen LogP contribution is -2.20. The van der Waals surface area contributed by atoms with Crippen molar-refractivity contribution in [2.45, 2.75) is 31.8 Å². The Hall–Kier alpha value is -2.91. The number of rotatable bonds is 12. The number of carbonyl (C=O) groups is 1. The summed E-state index contributed by atoms with van der Waals surface area (Å²) >= 11 is 3.56. The molecule has 0 aliphatic heterocycles. The number of thioether (sulfide) groups is 2. The Morgan fingerprint density at radius 3 is 2.47 bits per heavy atom. The zero-order valence-corrected chi connectivity index (χ0v) is 22.8. The van der Waals surface area contributed by atoms with Crippen molar-refractivity contribution in [1.29, 1.82) is 0 Å². The molecule has 192 valence electrons. The van der Waals surface area contributed by atoms with E-state index in [-0.39, 0.29) is 15.9 Å². The van der Waals surface area contributed by atoms with Gasteiger partial charge in [-0.1, -0.05) is 43.3 Å². The number of hydrogen-bond acceptors (Lipinski definition) is 9. The van der Waals surface area contributed by atoms with Gasteiger partial charge in [0.05, 0.1) is 23.9 Å². The summed E-state index contributed by atoms with van der Waals surface area (Å²) in [6.45, 7) is 6.47. The Kier molecular flexibility index (Phi) is 10.3. The molecular weight excluding hydrogens is 498 g/mol. The SMILES string of the molecule is CCSC(SCC)c1c(OCCc2ccccc2/C(=N\OC)C(=O)OC)ccc2c(C)cc(=O)oc12. The monoisotopic (exact) mass is 529 g/mol. The molecule has 3 rings (SSSR count). The van der Waals surface area contributed by atoms with Gasteiger partial charge in [0.2, 0.25) is 0 Å². The molecule has 0 unspecified atom stereocenters. The zero-order chi connectivity index (χ0) is 26.1. The molecule has 0 amide bonds. The molecule has 0 N–H and O–H groups in total. The summed E-state index contributed by atoms with van der Waals surface area (Å²) in [5.74, 6) is 1.92. The quantitative estimate of drug-likeness (QED) is 0.0963. The molecule has 2 aromatic carbocycles. The summed E-state index contributed by atoms with van der Waals surface area (Å²) in [5, 5.41) is 4.78. The standard InChI is InChI=1S/C27H31NO6S2/c1-6-35-27(36-7-2)23-21(13-12-19-17(3)16-22(29)34-25(19)23)33-15-14-18-10-8-9-11-20(18)24(28-32-5)26(30)31-4/h8-13,16,27H,6-7,14-15H2,1-5H3/b28-24+. The average Bonchev–Trinajstić information content (AvgIpc) is 2.87. The largest absolute Gasteiger partial charge is 0.493 e. The first-order chi connectivity index (χ1) is 17.4. The molecule has 9 heteroatoms. The number of esters is 1. The van der Waals surface area contributed by atoms with Gasteiger partial charge in [0.15, 0.2) is 5.71 Å². The van der Waals surface area contributed by atoms with Crippen molar-refractivity contribution in [2.24, 2.45) is 5.16 Å². The Balaban J connectivity index is 1.97. The number of methoxy groups -OCH3 is 1. The average molecular weight is 530 g/mol. The summed E-state index contributed by atoms with van der Waals surface area (Å²) in [6.07, 6.45) is 0.512. The van der Waals surface area contributed by atoms with E-state index in [0.29, 0.717) is 29.9 Å². The van der Waals surface area contributed by atoms with Crippen LogP contribution in [0.5, 0.6) is 5.75 Å². The maximum absolute atomic E-state index is 12.3. The van der Waals surface area contributed by atoms with Gasteiger partial charge >= 0.3 is 11.6 Å². The second-order valence-electron chi connectivity index (χ2n) is 7.71. The van der Waals surface area contributed by atoms with Crippen molar-refractivity contribution in [1.82, 2.24) is 0 Å². The second kappa shape index (κ2) is 13.4. The van der Waals surface area contributed by atoms with Gasteiger partial charge in [-0.05, 0) is 41.7 Å². The third-order valence-electron chi connectivity index (χ3n) is 5.45. The second-order valence-corrected chi connectivity index (χ2v) is 10.8. The van der Waals surface area contributed by atoms with Gasteiger partial charge < -0.3 is 18.7 Å². The fourth-order valence-corrected chi connectivity index (χ4v) is 6.46. The highest BCUT2D eigenvalue weighted by Crippen LogP contribution is 2.46. The molecule has 3 aromatic rings. The third-order valence-corrected chi connectivity index (χ3v) is 8.01. The Labute approximate surface area is 219 Å².